The van der Waals surface area contributed by atoms with Crippen LogP contribution in [0.15, 0.2) is 0 Å². The lowest BCUT2D eigenvalue weighted by atomic mass is 10.1. The van der Waals surface area contributed by atoms with Crippen LogP contribution in [-0.2, 0) is 14.3 Å². The van der Waals surface area contributed by atoms with Crippen LogP contribution in [0.3, 0.4) is 0 Å². The smallest absolute Gasteiger partial charge is 0.411 e. The summed E-state index contributed by atoms with van der Waals surface area (Å²) in [5.41, 5.74) is -0.663. The average molecular weight is 261 g/mol. The van der Waals surface area contributed by atoms with Crippen molar-refractivity contribution in [2.75, 3.05) is 13.7 Å². The summed E-state index contributed by atoms with van der Waals surface area (Å²) in [4.78, 5) is 24.7. The van der Waals surface area contributed by atoms with E-state index in [9.17, 15) is 14.7 Å². The number of methoxy groups -OCH3 is 1. The summed E-state index contributed by atoms with van der Waals surface area (Å²) in [5, 5.41) is 9.61. The second-order valence-electron chi connectivity index (χ2n) is 4.97. The number of carbonyl (C=O) groups is 2. The minimum atomic E-state index is -1.06. The molecule has 0 aromatic heterocycles. The molecular weight excluding hydrogens is 238 g/mol. The first-order valence-electron chi connectivity index (χ1n) is 5.89. The van der Waals surface area contributed by atoms with Gasteiger partial charge >= 0.3 is 12.1 Å². The van der Waals surface area contributed by atoms with Crippen LogP contribution < -0.4 is 0 Å². The van der Waals surface area contributed by atoms with Crippen molar-refractivity contribution in [1.29, 1.82) is 0 Å². The summed E-state index contributed by atoms with van der Waals surface area (Å²) in [6, 6.07) is -1.06. The molecule has 106 valence electrons. The second-order valence-corrected chi connectivity index (χ2v) is 4.97. The number of aliphatic hydroxyl groups is 1. The van der Waals surface area contributed by atoms with E-state index in [-0.39, 0.29) is 6.54 Å². The highest BCUT2D eigenvalue weighted by atomic mass is 16.6. The summed E-state index contributed by atoms with van der Waals surface area (Å²) in [6.07, 6.45) is -1.69. The van der Waals surface area contributed by atoms with Crippen LogP contribution in [0.5, 0.6) is 0 Å². The standard InChI is InChI=1S/C12H23NO5/c1-7-13(11(16)18-12(3,4)5)9(8(2)14)10(15)17-6/h8-9,14H,7H2,1-6H3/t8-,9+/m1/s1. The predicted molar refractivity (Wildman–Crippen MR) is 66.1 cm³/mol. The third-order valence-corrected chi connectivity index (χ3v) is 2.20. The van der Waals surface area contributed by atoms with E-state index in [0.29, 0.717) is 0 Å². The van der Waals surface area contributed by atoms with Crippen LogP contribution >= 0.6 is 0 Å². The molecule has 0 saturated carbocycles. The maximum Gasteiger partial charge on any atom is 0.411 e. The Morgan fingerprint density at radius 1 is 1.33 bits per heavy atom. The Labute approximate surface area is 108 Å². The maximum atomic E-state index is 11.9. The van der Waals surface area contributed by atoms with Gasteiger partial charge in [0.25, 0.3) is 0 Å². The summed E-state index contributed by atoms with van der Waals surface area (Å²) < 4.78 is 9.77. The number of esters is 1. The number of rotatable bonds is 4. The van der Waals surface area contributed by atoms with Gasteiger partial charge in [-0.2, -0.15) is 0 Å². The van der Waals surface area contributed by atoms with Crippen LogP contribution in [0, 0.1) is 0 Å². The highest BCUT2D eigenvalue weighted by molar-refractivity contribution is 5.82. The molecule has 0 aliphatic rings. The lowest BCUT2D eigenvalue weighted by Crippen LogP contribution is -2.52. The van der Waals surface area contributed by atoms with Gasteiger partial charge in [-0.3, -0.25) is 4.90 Å². The molecule has 1 N–H and O–H groups in total. The molecule has 0 aliphatic carbocycles. The van der Waals surface area contributed by atoms with Crippen molar-refractivity contribution in [3.05, 3.63) is 0 Å². The Kier molecular flexibility index (Phi) is 6.11. The number of likely N-dealkylation sites (N-methyl/N-ethyl adjacent to an activating group) is 1. The predicted octanol–water partition coefficient (Wildman–Crippen LogP) is 1.17. The summed E-state index contributed by atoms with van der Waals surface area (Å²) in [6.45, 7) is 8.55. The molecule has 1 amide bonds. The monoisotopic (exact) mass is 261 g/mol. The van der Waals surface area contributed by atoms with Crippen molar-refractivity contribution >= 4 is 12.1 Å². The molecule has 0 unspecified atom stereocenters. The number of aliphatic hydroxyl groups excluding tert-OH is 1. The number of hydrogen-bond donors (Lipinski definition) is 1. The summed E-state index contributed by atoms with van der Waals surface area (Å²) in [7, 11) is 1.21. The van der Waals surface area contributed by atoms with Gasteiger partial charge in [0.1, 0.15) is 5.60 Å². The molecule has 0 spiro atoms. The normalized spacial score (nSPS) is 14.6. The van der Waals surface area contributed by atoms with Crippen LogP contribution in [0.1, 0.15) is 34.6 Å². The van der Waals surface area contributed by atoms with Crippen molar-refractivity contribution in [3.8, 4) is 0 Å². The number of nitrogens with zero attached hydrogens (tertiary/aromatic N) is 1. The topological polar surface area (TPSA) is 76.1 Å². The van der Waals surface area contributed by atoms with Crippen molar-refractivity contribution < 1.29 is 24.2 Å². The maximum absolute atomic E-state index is 11.9. The quantitative estimate of drug-likeness (QED) is 0.769. The number of hydrogen-bond acceptors (Lipinski definition) is 5. The summed E-state index contributed by atoms with van der Waals surface area (Å²) in [5.74, 6) is -0.669. The van der Waals surface area contributed by atoms with Crippen molar-refractivity contribution in [1.82, 2.24) is 4.90 Å². The third kappa shape index (κ3) is 4.91. The highest BCUT2D eigenvalue weighted by Gasteiger charge is 2.35. The molecule has 0 aromatic rings. The zero-order valence-corrected chi connectivity index (χ0v) is 11.9. The van der Waals surface area contributed by atoms with Gasteiger partial charge in [0.05, 0.1) is 13.2 Å². The molecule has 0 fully saturated rings. The van der Waals surface area contributed by atoms with Crippen LogP contribution in [0.2, 0.25) is 0 Å². The largest absolute Gasteiger partial charge is 0.467 e. The van der Waals surface area contributed by atoms with E-state index < -0.39 is 29.8 Å². The molecule has 0 rings (SSSR count). The first kappa shape index (κ1) is 16.7. The van der Waals surface area contributed by atoms with Crippen LogP contribution in [0.25, 0.3) is 0 Å². The molecule has 0 saturated heterocycles. The number of carbonyl (C=O) groups excluding carboxylic acids is 2. The Morgan fingerprint density at radius 2 is 1.83 bits per heavy atom. The lowest BCUT2D eigenvalue weighted by molar-refractivity contribution is -0.150. The lowest BCUT2D eigenvalue weighted by Gasteiger charge is -2.32. The van der Waals surface area contributed by atoms with Crippen molar-refractivity contribution in [3.63, 3.8) is 0 Å². The van der Waals surface area contributed by atoms with Gasteiger partial charge in [-0.25, -0.2) is 9.59 Å². The minimum absolute atomic E-state index is 0.236. The third-order valence-electron chi connectivity index (χ3n) is 2.20. The average Bonchev–Trinajstić information content (AvgIpc) is 2.21. The molecule has 0 aromatic carbocycles. The van der Waals surface area contributed by atoms with Gasteiger partial charge in [0.15, 0.2) is 6.04 Å². The first-order valence-corrected chi connectivity index (χ1v) is 5.89. The SMILES string of the molecule is CCN(C(=O)OC(C)(C)C)[C@H](C(=O)OC)[C@@H](C)O. The van der Waals surface area contributed by atoms with Gasteiger partial charge in [0, 0.05) is 6.54 Å². The van der Waals surface area contributed by atoms with Gasteiger partial charge in [-0.15, -0.1) is 0 Å². The second kappa shape index (κ2) is 6.58. The number of amides is 1. The Hall–Kier alpha value is -1.30. The fraction of sp³-hybridized carbons (Fsp3) is 0.833. The van der Waals surface area contributed by atoms with Gasteiger partial charge in [-0.05, 0) is 34.6 Å². The minimum Gasteiger partial charge on any atom is -0.467 e. The molecule has 2 atom stereocenters. The van der Waals surface area contributed by atoms with E-state index >= 15 is 0 Å². The molecular formula is C12H23NO5. The van der Waals surface area contributed by atoms with E-state index in [1.165, 1.54) is 14.0 Å². The zero-order chi connectivity index (χ0) is 14.5. The van der Waals surface area contributed by atoms with Crippen molar-refractivity contribution in [2.45, 2.75) is 52.4 Å². The van der Waals surface area contributed by atoms with Gasteiger partial charge in [0.2, 0.25) is 0 Å². The Balaban J connectivity index is 5.02. The van der Waals surface area contributed by atoms with E-state index in [4.69, 9.17) is 4.74 Å². The summed E-state index contributed by atoms with van der Waals surface area (Å²) >= 11 is 0. The van der Waals surface area contributed by atoms with Gasteiger partial charge in [-0.1, -0.05) is 0 Å². The first-order chi connectivity index (χ1) is 8.14. The molecule has 0 heterocycles. The fourth-order valence-corrected chi connectivity index (χ4v) is 1.47. The van der Waals surface area contributed by atoms with Crippen molar-refractivity contribution in [2.24, 2.45) is 0 Å². The molecule has 6 heteroatoms. The Morgan fingerprint density at radius 3 is 2.11 bits per heavy atom. The molecule has 6 nitrogen and oxygen atoms in total. The van der Waals surface area contributed by atoms with Gasteiger partial charge < -0.3 is 14.6 Å². The molecule has 18 heavy (non-hydrogen) atoms. The molecule has 0 bridgehead atoms. The molecule has 0 radical (unpaired) electrons. The number of ether oxygens (including phenoxy) is 2. The van der Waals surface area contributed by atoms with E-state index in [1.807, 2.05) is 0 Å². The highest BCUT2D eigenvalue weighted by Crippen LogP contribution is 2.14. The van der Waals surface area contributed by atoms with Crippen LogP contribution in [0.4, 0.5) is 4.79 Å². The van der Waals surface area contributed by atoms with Crippen LogP contribution in [-0.4, -0.2) is 53.5 Å². The zero-order valence-electron chi connectivity index (χ0n) is 11.9. The Bertz CT molecular complexity index is 295. The van der Waals surface area contributed by atoms with E-state index in [1.54, 1.807) is 27.7 Å². The van der Waals surface area contributed by atoms with E-state index in [2.05, 4.69) is 4.74 Å². The fourth-order valence-electron chi connectivity index (χ4n) is 1.47. The van der Waals surface area contributed by atoms with E-state index in [0.717, 1.165) is 4.90 Å². The molecule has 0 aliphatic heterocycles.